The number of amides is 2. The zero-order valence-electron chi connectivity index (χ0n) is 12.7. The average Bonchev–Trinajstić information content (AvgIpc) is 2.57. The van der Waals surface area contributed by atoms with E-state index in [0.29, 0.717) is 18.8 Å². The Morgan fingerprint density at radius 1 is 1.22 bits per heavy atom. The van der Waals surface area contributed by atoms with Gasteiger partial charge in [0.15, 0.2) is 0 Å². The van der Waals surface area contributed by atoms with Crippen molar-refractivity contribution in [2.24, 2.45) is 0 Å². The molecule has 7 nitrogen and oxygen atoms in total. The predicted octanol–water partition coefficient (Wildman–Crippen LogP) is 0.351. The maximum atomic E-state index is 12.4. The van der Waals surface area contributed by atoms with Crippen LogP contribution < -0.4 is 5.56 Å². The Kier molecular flexibility index (Phi) is 3.92. The largest absolute Gasteiger partial charge is 0.342 e. The highest BCUT2D eigenvalue weighted by molar-refractivity contribution is 5.96. The molecule has 0 saturated carbocycles. The number of likely N-dealkylation sites (N-methyl/N-ethyl adjacent to an activating group) is 1. The summed E-state index contributed by atoms with van der Waals surface area (Å²) in [6.07, 6.45) is 3.27. The quantitative estimate of drug-likeness (QED) is 0.867. The van der Waals surface area contributed by atoms with Gasteiger partial charge in [-0.1, -0.05) is 0 Å². The second-order valence-corrected chi connectivity index (χ2v) is 5.40. The second kappa shape index (κ2) is 6.04. The molecule has 0 bridgehead atoms. The molecule has 1 aliphatic heterocycles. The molecule has 7 heteroatoms. The van der Waals surface area contributed by atoms with Gasteiger partial charge in [-0.25, -0.2) is 0 Å². The Morgan fingerprint density at radius 3 is 2.70 bits per heavy atom. The fraction of sp³-hybridized carbons (Fsp3) is 0.250. The molecule has 1 fully saturated rings. The van der Waals surface area contributed by atoms with Crippen LogP contribution in [0.1, 0.15) is 10.4 Å². The Bertz CT molecular complexity index is 800. The minimum Gasteiger partial charge on any atom is -0.342 e. The smallest absolute Gasteiger partial charge is 0.261 e. The number of carbonyl (C=O) groups excluding carboxylic acids is 2. The highest BCUT2D eigenvalue weighted by Gasteiger charge is 2.27. The van der Waals surface area contributed by atoms with Gasteiger partial charge >= 0.3 is 0 Å². The Hall–Kier alpha value is -2.96. The zero-order valence-corrected chi connectivity index (χ0v) is 12.7. The molecule has 1 N–H and O–H groups in total. The predicted molar refractivity (Wildman–Crippen MR) is 83.8 cm³/mol. The lowest BCUT2D eigenvalue weighted by Gasteiger charge is -2.31. The zero-order chi connectivity index (χ0) is 16.4. The molecule has 0 aliphatic carbocycles. The van der Waals surface area contributed by atoms with E-state index in [-0.39, 0.29) is 18.0 Å². The topological polar surface area (TPSA) is 86.4 Å². The molecule has 118 valence electrons. The number of hydrogen-bond acceptors (Lipinski definition) is 4. The molecule has 3 heterocycles. The number of nitrogens with zero attached hydrogens (tertiary/aromatic N) is 3. The summed E-state index contributed by atoms with van der Waals surface area (Å²) in [5.74, 6) is -0.557. The molecule has 23 heavy (non-hydrogen) atoms. The number of pyridine rings is 2. The van der Waals surface area contributed by atoms with Gasteiger partial charge in [-0.15, -0.1) is 0 Å². The van der Waals surface area contributed by atoms with Crippen molar-refractivity contribution in [1.29, 1.82) is 0 Å². The van der Waals surface area contributed by atoms with Gasteiger partial charge in [0.25, 0.3) is 11.5 Å². The molecule has 0 unspecified atom stereocenters. The van der Waals surface area contributed by atoms with Crippen molar-refractivity contribution in [3.05, 3.63) is 52.6 Å². The molecule has 0 spiro atoms. The Labute approximate surface area is 132 Å². The second-order valence-electron chi connectivity index (χ2n) is 5.40. The monoisotopic (exact) mass is 312 g/mol. The Morgan fingerprint density at radius 2 is 2.04 bits per heavy atom. The number of H-pyrrole nitrogens is 1. The van der Waals surface area contributed by atoms with Crippen molar-refractivity contribution in [2.45, 2.75) is 0 Å². The van der Waals surface area contributed by atoms with Crippen molar-refractivity contribution >= 4 is 11.8 Å². The van der Waals surface area contributed by atoms with Gasteiger partial charge in [-0.2, -0.15) is 0 Å². The minimum atomic E-state index is -0.470. The number of aromatic nitrogens is 2. The van der Waals surface area contributed by atoms with Crippen LogP contribution in [0.2, 0.25) is 0 Å². The summed E-state index contributed by atoms with van der Waals surface area (Å²) in [7, 11) is 1.69. The molecule has 1 aliphatic rings. The van der Waals surface area contributed by atoms with Gasteiger partial charge in [0, 0.05) is 43.8 Å². The number of piperazine rings is 1. The van der Waals surface area contributed by atoms with E-state index >= 15 is 0 Å². The molecule has 1 saturated heterocycles. The SMILES string of the molecule is CN1CCN(C(=O)c2ccc(-c3cccnc3)[nH]c2=O)CC1=O. The minimum absolute atomic E-state index is 0.000863. The number of hydrogen-bond donors (Lipinski definition) is 1. The van der Waals surface area contributed by atoms with E-state index in [1.54, 1.807) is 36.5 Å². The third-order valence-corrected chi connectivity index (χ3v) is 3.86. The van der Waals surface area contributed by atoms with Crippen LogP contribution in [-0.2, 0) is 4.79 Å². The van der Waals surface area contributed by atoms with Crippen molar-refractivity contribution in [2.75, 3.05) is 26.7 Å². The first-order valence-corrected chi connectivity index (χ1v) is 7.23. The summed E-state index contributed by atoms with van der Waals surface area (Å²) < 4.78 is 0. The van der Waals surface area contributed by atoms with Crippen LogP contribution in [0.3, 0.4) is 0 Å². The first-order chi connectivity index (χ1) is 11.1. The molecule has 0 aromatic carbocycles. The van der Waals surface area contributed by atoms with Crippen molar-refractivity contribution in [1.82, 2.24) is 19.8 Å². The standard InChI is InChI=1S/C16H16N4O3/c1-19-7-8-20(10-14(19)21)16(23)12-4-5-13(18-15(12)22)11-3-2-6-17-9-11/h2-6,9H,7-8,10H2,1H3,(H,18,22). The lowest BCUT2D eigenvalue weighted by molar-refractivity contribution is -0.133. The van der Waals surface area contributed by atoms with Crippen LogP contribution in [0.5, 0.6) is 0 Å². The summed E-state index contributed by atoms with van der Waals surface area (Å²) in [4.78, 5) is 46.0. The van der Waals surface area contributed by atoms with E-state index in [2.05, 4.69) is 9.97 Å². The highest BCUT2D eigenvalue weighted by atomic mass is 16.2. The van der Waals surface area contributed by atoms with Gasteiger partial charge in [-0.05, 0) is 24.3 Å². The van der Waals surface area contributed by atoms with Gasteiger partial charge in [-0.3, -0.25) is 19.4 Å². The lowest BCUT2D eigenvalue weighted by Crippen LogP contribution is -2.51. The maximum absolute atomic E-state index is 12.4. The molecular formula is C16H16N4O3. The number of carbonyl (C=O) groups is 2. The van der Waals surface area contributed by atoms with Crippen LogP contribution >= 0.6 is 0 Å². The maximum Gasteiger partial charge on any atom is 0.261 e. The first kappa shape index (κ1) is 15.0. The molecule has 0 atom stereocenters. The molecular weight excluding hydrogens is 296 g/mol. The van der Waals surface area contributed by atoms with E-state index in [4.69, 9.17) is 0 Å². The van der Waals surface area contributed by atoms with Gasteiger partial charge < -0.3 is 14.8 Å². The summed E-state index contributed by atoms with van der Waals surface area (Å²) in [6.45, 7) is 0.889. The third kappa shape index (κ3) is 2.98. The van der Waals surface area contributed by atoms with Gasteiger partial charge in [0.1, 0.15) is 12.1 Å². The molecule has 3 rings (SSSR count). The summed E-state index contributed by atoms with van der Waals surface area (Å²) in [6, 6.07) is 6.75. The van der Waals surface area contributed by atoms with E-state index in [1.165, 1.54) is 11.0 Å². The van der Waals surface area contributed by atoms with E-state index in [0.717, 1.165) is 5.56 Å². The summed E-state index contributed by atoms with van der Waals surface area (Å²) in [5, 5.41) is 0. The van der Waals surface area contributed by atoms with Crippen molar-refractivity contribution in [3.63, 3.8) is 0 Å². The number of aromatic amines is 1. The fourth-order valence-corrected chi connectivity index (χ4v) is 2.43. The summed E-state index contributed by atoms with van der Waals surface area (Å²) in [5.41, 5.74) is 0.921. The molecule has 2 aromatic rings. The average molecular weight is 312 g/mol. The molecule has 2 amide bonds. The summed E-state index contributed by atoms with van der Waals surface area (Å²) >= 11 is 0. The molecule has 2 aromatic heterocycles. The van der Waals surface area contributed by atoms with Crippen LogP contribution in [0.4, 0.5) is 0 Å². The van der Waals surface area contributed by atoms with Crippen LogP contribution in [0.25, 0.3) is 11.3 Å². The Balaban J connectivity index is 1.85. The lowest BCUT2D eigenvalue weighted by atomic mass is 10.1. The fourth-order valence-electron chi connectivity index (χ4n) is 2.43. The molecule has 0 radical (unpaired) electrons. The van der Waals surface area contributed by atoms with Crippen LogP contribution in [-0.4, -0.2) is 58.3 Å². The third-order valence-electron chi connectivity index (χ3n) is 3.86. The normalized spacial score (nSPS) is 14.9. The van der Waals surface area contributed by atoms with E-state index in [9.17, 15) is 14.4 Å². The highest BCUT2D eigenvalue weighted by Crippen LogP contribution is 2.14. The van der Waals surface area contributed by atoms with Gasteiger partial charge in [0.05, 0.1) is 0 Å². The van der Waals surface area contributed by atoms with E-state index < -0.39 is 11.5 Å². The number of nitrogens with one attached hydrogen (secondary N) is 1. The number of rotatable bonds is 2. The van der Waals surface area contributed by atoms with Crippen molar-refractivity contribution < 1.29 is 9.59 Å². The van der Waals surface area contributed by atoms with Crippen molar-refractivity contribution in [3.8, 4) is 11.3 Å². The van der Waals surface area contributed by atoms with Gasteiger partial charge in [0.2, 0.25) is 5.91 Å². The van der Waals surface area contributed by atoms with Crippen LogP contribution in [0.15, 0.2) is 41.5 Å². The first-order valence-electron chi connectivity index (χ1n) is 7.23. The van der Waals surface area contributed by atoms with E-state index in [1.807, 2.05) is 6.07 Å². The van der Waals surface area contributed by atoms with Crippen LogP contribution in [0, 0.1) is 0 Å².